The number of methoxy groups -OCH3 is 1. The van der Waals surface area contributed by atoms with Crippen LogP contribution in [-0.4, -0.2) is 47.2 Å². The van der Waals surface area contributed by atoms with E-state index in [1.807, 2.05) is 0 Å². The number of ether oxygens (including phenoxy) is 1. The van der Waals surface area contributed by atoms with Crippen LogP contribution in [0.2, 0.25) is 0 Å². The van der Waals surface area contributed by atoms with Crippen LogP contribution in [0.1, 0.15) is 23.2 Å². The van der Waals surface area contributed by atoms with Crippen molar-refractivity contribution in [3.63, 3.8) is 0 Å². The Morgan fingerprint density at radius 3 is 3.18 bits per heavy atom. The normalized spacial score (nSPS) is 20.1. The van der Waals surface area contributed by atoms with Crippen LogP contribution in [0.3, 0.4) is 0 Å². The molecule has 17 heavy (non-hydrogen) atoms. The van der Waals surface area contributed by atoms with E-state index in [-0.39, 0.29) is 5.91 Å². The van der Waals surface area contributed by atoms with Crippen LogP contribution in [0.4, 0.5) is 0 Å². The Bertz CT molecular complexity index is 408. The standard InChI is InChI=1S/C12H16N2O3/c1-17-11-7-9(4-5-13-11)12(16)14-6-2-3-10(15)8-14/h4-5,7,10,15H,2-3,6,8H2,1H3. The number of aliphatic hydroxyl groups is 1. The van der Waals surface area contributed by atoms with Crippen molar-refractivity contribution in [1.29, 1.82) is 0 Å². The first-order valence-electron chi connectivity index (χ1n) is 5.68. The third-order valence-electron chi connectivity index (χ3n) is 2.87. The van der Waals surface area contributed by atoms with Crippen LogP contribution < -0.4 is 4.74 Å². The summed E-state index contributed by atoms with van der Waals surface area (Å²) in [6.07, 6.45) is 2.75. The number of amides is 1. The molecule has 1 atom stereocenters. The van der Waals surface area contributed by atoms with E-state index in [1.54, 1.807) is 23.2 Å². The molecule has 2 heterocycles. The maximum Gasteiger partial charge on any atom is 0.254 e. The molecule has 0 aliphatic carbocycles. The summed E-state index contributed by atoms with van der Waals surface area (Å²) in [5.41, 5.74) is 0.547. The second kappa shape index (κ2) is 5.14. The number of β-amino-alcohol motifs (C(OH)–C–C–N with tert-alkyl or cyclic N) is 1. The van der Waals surface area contributed by atoms with E-state index < -0.39 is 6.10 Å². The Kier molecular flexibility index (Phi) is 3.58. The zero-order valence-electron chi connectivity index (χ0n) is 9.80. The molecule has 1 aromatic heterocycles. The highest BCUT2D eigenvalue weighted by Crippen LogP contribution is 2.15. The fraction of sp³-hybridized carbons (Fsp3) is 0.500. The Labute approximate surface area is 100 Å². The first kappa shape index (κ1) is 11.9. The predicted octanol–water partition coefficient (Wildman–Crippen LogP) is 0.687. The summed E-state index contributed by atoms with van der Waals surface area (Å²) in [6, 6.07) is 3.27. The summed E-state index contributed by atoms with van der Waals surface area (Å²) >= 11 is 0. The molecule has 0 radical (unpaired) electrons. The molecule has 1 amide bonds. The van der Waals surface area contributed by atoms with Crippen LogP contribution in [0, 0.1) is 0 Å². The highest BCUT2D eigenvalue weighted by atomic mass is 16.5. The Balaban J connectivity index is 2.12. The summed E-state index contributed by atoms with van der Waals surface area (Å²) in [4.78, 5) is 17.8. The predicted molar refractivity (Wildman–Crippen MR) is 61.9 cm³/mol. The molecule has 5 heteroatoms. The molecule has 0 aromatic carbocycles. The summed E-state index contributed by atoms with van der Waals surface area (Å²) in [6.45, 7) is 1.10. The molecule has 2 rings (SSSR count). The zero-order chi connectivity index (χ0) is 12.3. The minimum absolute atomic E-state index is 0.0792. The highest BCUT2D eigenvalue weighted by molar-refractivity contribution is 5.94. The van der Waals surface area contributed by atoms with E-state index in [9.17, 15) is 9.90 Å². The van der Waals surface area contributed by atoms with Gasteiger partial charge in [-0.25, -0.2) is 4.98 Å². The topological polar surface area (TPSA) is 62.7 Å². The average Bonchev–Trinajstić information content (AvgIpc) is 2.38. The van der Waals surface area contributed by atoms with Gasteiger partial charge in [-0.05, 0) is 18.9 Å². The molecule has 1 aromatic rings. The number of likely N-dealkylation sites (tertiary alicyclic amines) is 1. The van der Waals surface area contributed by atoms with Gasteiger partial charge in [0.1, 0.15) is 0 Å². The summed E-state index contributed by atoms with van der Waals surface area (Å²) in [5, 5.41) is 9.55. The van der Waals surface area contributed by atoms with Gasteiger partial charge in [0.05, 0.1) is 13.2 Å². The third-order valence-corrected chi connectivity index (χ3v) is 2.87. The fourth-order valence-electron chi connectivity index (χ4n) is 1.98. The van der Waals surface area contributed by atoms with Crippen molar-refractivity contribution < 1.29 is 14.6 Å². The molecule has 0 saturated carbocycles. The first-order chi connectivity index (χ1) is 8.20. The molecule has 1 aliphatic rings. The van der Waals surface area contributed by atoms with Crippen molar-refractivity contribution >= 4 is 5.91 Å². The minimum Gasteiger partial charge on any atom is -0.481 e. The second-order valence-corrected chi connectivity index (χ2v) is 4.13. The quantitative estimate of drug-likeness (QED) is 0.820. The van der Waals surface area contributed by atoms with E-state index in [2.05, 4.69) is 4.98 Å². The molecule has 1 fully saturated rings. The van der Waals surface area contributed by atoms with Gasteiger partial charge in [0.2, 0.25) is 5.88 Å². The molecule has 0 bridgehead atoms. The lowest BCUT2D eigenvalue weighted by atomic mass is 10.1. The monoisotopic (exact) mass is 236 g/mol. The van der Waals surface area contributed by atoms with E-state index in [0.717, 1.165) is 12.8 Å². The van der Waals surface area contributed by atoms with Crippen molar-refractivity contribution in [2.45, 2.75) is 18.9 Å². The van der Waals surface area contributed by atoms with E-state index >= 15 is 0 Å². The lowest BCUT2D eigenvalue weighted by Gasteiger charge is -2.30. The van der Waals surface area contributed by atoms with E-state index in [4.69, 9.17) is 4.74 Å². The van der Waals surface area contributed by atoms with Gasteiger partial charge in [0, 0.05) is 30.9 Å². The number of carbonyl (C=O) groups excluding carboxylic acids is 1. The number of hydrogen-bond donors (Lipinski definition) is 1. The molecular formula is C12H16N2O3. The number of aromatic nitrogens is 1. The minimum atomic E-state index is -0.406. The number of rotatable bonds is 2. The highest BCUT2D eigenvalue weighted by Gasteiger charge is 2.23. The Morgan fingerprint density at radius 1 is 1.65 bits per heavy atom. The first-order valence-corrected chi connectivity index (χ1v) is 5.68. The number of carbonyl (C=O) groups is 1. The summed E-state index contributed by atoms with van der Waals surface area (Å²) < 4.78 is 4.98. The number of pyridine rings is 1. The van der Waals surface area contributed by atoms with Crippen molar-refractivity contribution in [1.82, 2.24) is 9.88 Å². The van der Waals surface area contributed by atoms with Gasteiger partial charge in [0.25, 0.3) is 5.91 Å². The van der Waals surface area contributed by atoms with Crippen molar-refractivity contribution in [2.75, 3.05) is 20.2 Å². The number of piperidine rings is 1. The van der Waals surface area contributed by atoms with Crippen molar-refractivity contribution in [3.8, 4) is 5.88 Å². The fourth-order valence-corrected chi connectivity index (χ4v) is 1.98. The van der Waals surface area contributed by atoms with Crippen LogP contribution in [0.5, 0.6) is 5.88 Å². The maximum absolute atomic E-state index is 12.1. The van der Waals surface area contributed by atoms with Crippen molar-refractivity contribution in [2.24, 2.45) is 0 Å². The molecule has 5 nitrogen and oxygen atoms in total. The van der Waals surface area contributed by atoms with Gasteiger partial charge in [-0.3, -0.25) is 4.79 Å². The lowest BCUT2D eigenvalue weighted by Crippen LogP contribution is -2.42. The van der Waals surface area contributed by atoms with Gasteiger partial charge >= 0.3 is 0 Å². The number of hydrogen-bond acceptors (Lipinski definition) is 4. The molecule has 1 saturated heterocycles. The van der Waals surface area contributed by atoms with Crippen LogP contribution >= 0.6 is 0 Å². The SMILES string of the molecule is COc1cc(C(=O)N2CCCC(O)C2)ccn1. The Hall–Kier alpha value is -1.62. The van der Waals surface area contributed by atoms with Gasteiger partial charge < -0.3 is 14.7 Å². The van der Waals surface area contributed by atoms with Gasteiger partial charge in [-0.2, -0.15) is 0 Å². The second-order valence-electron chi connectivity index (χ2n) is 4.13. The molecule has 1 N–H and O–H groups in total. The van der Waals surface area contributed by atoms with Gasteiger partial charge in [-0.15, -0.1) is 0 Å². The van der Waals surface area contributed by atoms with E-state index in [1.165, 1.54) is 7.11 Å². The maximum atomic E-state index is 12.1. The number of nitrogens with zero attached hydrogens (tertiary/aromatic N) is 2. The molecule has 1 unspecified atom stereocenters. The van der Waals surface area contributed by atoms with Crippen molar-refractivity contribution in [3.05, 3.63) is 23.9 Å². The summed E-state index contributed by atoms with van der Waals surface area (Å²) in [5.74, 6) is 0.345. The molecule has 92 valence electrons. The molecule has 0 spiro atoms. The van der Waals surface area contributed by atoms with Crippen LogP contribution in [0.25, 0.3) is 0 Å². The zero-order valence-corrected chi connectivity index (χ0v) is 9.80. The van der Waals surface area contributed by atoms with Gasteiger partial charge in [0.15, 0.2) is 0 Å². The van der Waals surface area contributed by atoms with Crippen LogP contribution in [-0.2, 0) is 0 Å². The Morgan fingerprint density at radius 2 is 2.47 bits per heavy atom. The molecule has 1 aliphatic heterocycles. The van der Waals surface area contributed by atoms with Gasteiger partial charge in [-0.1, -0.05) is 0 Å². The smallest absolute Gasteiger partial charge is 0.254 e. The lowest BCUT2D eigenvalue weighted by molar-refractivity contribution is 0.0473. The largest absolute Gasteiger partial charge is 0.481 e. The third kappa shape index (κ3) is 2.74. The van der Waals surface area contributed by atoms with Crippen LogP contribution in [0.15, 0.2) is 18.3 Å². The summed E-state index contributed by atoms with van der Waals surface area (Å²) in [7, 11) is 1.52. The average molecular weight is 236 g/mol. The molecular weight excluding hydrogens is 220 g/mol. The van der Waals surface area contributed by atoms with E-state index in [0.29, 0.717) is 24.5 Å². The number of aliphatic hydroxyl groups excluding tert-OH is 1.